The van der Waals surface area contributed by atoms with Gasteiger partial charge in [0.15, 0.2) is 0 Å². The minimum atomic E-state index is 0.803. The Morgan fingerprint density at radius 2 is 2.27 bits per heavy atom. The van der Waals surface area contributed by atoms with E-state index in [1.54, 1.807) is 17.7 Å². The minimum Gasteiger partial charge on any atom is -0.347 e. The molecule has 0 saturated heterocycles. The highest BCUT2D eigenvalue weighted by molar-refractivity contribution is 7.11. The lowest BCUT2D eigenvalue weighted by Crippen LogP contribution is -2.12. The van der Waals surface area contributed by atoms with Gasteiger partial charge in [0.05, 0.1) is 12.0 Å². The molecule has 80 valence electrons. The summed E-state index contributed by atoms with van der Waals surface area (Å²) >= 11 is 1.75. The van der Waals surface area contributed by atoms with E-state index in [4.69, 9.17) is 0 Å². The number of aromatic amines is 1. The van der Waals surface area contributed by atoms with Crippen LogP contribution >= 0.6 is 11.3 Å². The smallest absolute Gasteiger partial charge is 0.107 e. The Bertz CT molecular complexity index is 399. The zero-order chi connectivity index (χ0) is 10.7. The van der Waals surface area contributed by atoms with Gasteiger partial charge in [-0.05, 0) is 13.8 Å². The predicted octanol–water partition coefficient (Wildman–Crippen LogP) is 1.77. The lowest BCUT2D eigenvalue weighted by molar-refractivity contribution is 0.678. The summed E-state index contributed by atoms with van der Waals surface area (Å²) in [4.78, 5) is 12.8. The molecule has 0 fully saturated rings. The molecule has 0 amide bonds. The van der Waals surface area contributed by atoms with Crippen LogP contribution in [0.2, 0.25) is 0 Å². The molecular weight excluding hydrogens is 208 g/mol. The summed E-state index contributed by atoms with van der Waals surface area (Å²) in [6.07, 6.45) is 3.51. The number of aryl methyl sites for hydroxylation is 2. The fourth-order valence-electron chi connectivity index (χ4n) is 1.30. The van der Waals surface area contributed by atoms with Crippen molar-refractivity contribution in [2.45, 2.75) is 26.9 Å². The first-order valence-electron chi connectivity index (χ1n) is 4.86. The van der Waals surface area contributed by atoms with Crippen LogP contribution in [0.1, 0.15) is 21.3 Å². The molecule has 0 spiro atoms. The van der Waals surface area contributed by atoms with Crippen LogP contribution in [0.5, 0.6) is 0 Å². The zero-order valence-corrected chi connectivity index (χ0v) is 9.69. The number of aromatic nitrogens is 3. The standard InChI is InChI=1S/C10H14N4S/c1-7-8(2)15-10(14-7)5-11-3-9-4-12-6-13-9/h4,6,11H,3,5H2,1-2H3,(H,12,13). The molecule has 0 unspecified atom stereocenters. The highest BCUT2D eigenvalue weighted by Crippen LogP contribution is 2.15. The van der Waals surface area contributed by atoms with Gasteiger partial charge in [0.25, 0.3) is 0 Å². The maximum absolute atomic E-state index is 4.46. The van der Waals surface area contributed by atoms with Gasteiger partial charge in [-0.2, -0.15) is 0 Å². The normalized spacial score (nSPS) is 10.8. The van der Waals surface area contributed by atoms with Crippen molar-refractivity contribution in [2.75, 3.05) is 0 Å². The lowest BCUT2D eigenvalue weighted by atomic mass is 10.4. The maximum Gasteiger partial charge on any atom is 0.107 e. The summed E-state index contributed by atoms with van der Waals surface area (Å²) in [5, 5.41) is 4.46. The topological polar surface area (TPSA) is 53.6 Å². The van der Waals surface area contributed by atoms with Crippen LogP contribution in [0.15, 0.2) is 12.5 Å². The zero-order valence-electron chi connectivity index (χ0n) is 8.87. The number of imidazole rings is 1. The SMILES string of the molecule is Cc1nc(CNCc2cnc[nH]2)sc1C. The first-order valence-corrected chi connectivity index (χ1v) is 5.68. The third kappa shape index (κ3) is 2.64. The van der Waals surface area contributed by atoms with Crippen LogP contribution in [-0.2, 0) is 13.1 Å². The molecule has 2 heterocycles. The van der Waals surface area contributed by atoms with Crippen LogP contribution in [0.25, 0.3) is 0 Å². The predicted molar refractivity (Wildman–Crippen MR) is 60.7 cm³/mol. The number of nitrogens with zero attached hydrogens (tertiary/aromatic N) is 2. The Labute approximate surface area is 92.8 Å². The number of hydrogen-bond acceptors (Lipinski definition) is 4. The third-order valence-corrected chi connectivity index (χ3v) is 3.29. The highest BCUT2D eigenvalue weighted by atomic mass is 32.1. The lowest BCUT2D eigenvalue weighted by Gasteiger charge is -1.98. The van der Waals surface area contributed by atoms with Gasteiger partial charge < -0.3 is 10.3 Å². The Kier molecular flexibility index (Phi) is 3.13. The summed E-state index contributed by atoms with van der Waals surface area (Å²) in [5.41, 5.74) is 2.23. The van der Waals surface area contributed by atoms with Crippen LogP contribution in [0, 0.1) is 13.8 Å². The van der Waals surface area contributed by atoms with Crippen molar-refractivity contribution in [3.8, 4) is 0 Å². The average molecular weight is 222 g/mol. The molecule has 0 bridgehead atoms. The van der Waals surface area contributed by atoms with Gasteiger partial charge in [-0.25, -0.2) is 9.97 Å². The Hall–Kier alpha value is -1.20. The number of rotatable bonds is 4. The fourth-order valence-corrected chi connectivity index (χ4v) is 2.20. The molecule has 2 aromatic rings. The largest absolute Gasteiger partial charge is 0.347 e. The minimum absolute atomic E-state index is 0.803. The highest BCUT2D eigenvalue weighted by Gasteiger charge is 2.02. The number of nitrogens with one attached hydrogen (secondary N) is 2. The van der Waals surface area contributed by atoms with E-state index >= 15 is 0 Å². The van der Waals surface area contributed by atoms with Crippen LogP contribution in [-0.4, -0.2) is 15.0 Å². The molecule has 2 rings (SSSR count). The maximum atomic E-state index is 4.46. The van der Waals surface area contributed by atoms with Gasteiger partial charge in [-0.3, -0.25) is 0 Å². The summed E-state index contributed by atoms with van der Waals surface area (Å²) in [7, 11) is 0. The van der Waals surface area contributed by atoms with Crippen molar-refractivity contribution in [3.05, 3.63) is 33.8 Å². The molecule has 0 radical (unpaired) electrons. The van der Waals surface area contributed by atoms with E-state index in [1.807, 2.05) is 13.1 Å². The van der Waals surface area contributed by atoms with Gasteiger partial charge in [0.1, 0.15) is 5.01 Å². The van der Waals surface area contributed by atoms with E-state index in [2.05, 4.69) is 27.2 Å². The molecule has 0 aromatic carbocycles. The monoisotopic (exact) mass is 222 g/mol. The van der Waals surface area contributed by atoms with Crippen molar-refractivity contribution in [1.29, 1.82) is 0 Å². The number of thiazole rings is 1. The number of hydrogen-bond donors (Lipinski definition) is 2. The van der Waals surface area contributed by atoms with Gasteiger partial charge in [0, 0.05) is 29.9 Å². The molecule has 4 nitrogen and oxygen atoms in total. The van der Waals surface area contributed by atoms with Gasteiger partial charge in [-0.15, -0.1) is 11.3 Å². The van der Waals surface area contributed by atoms with E-state index in [0.717, 1.165) is 29.5 Å². The van der Waals surface area contributed by atoms with E-state index < -0.39 is 0 Å². The molecule has 15 heavy (non-hydrogen) atoms. The fraction of sp³-hybridized carbons (Fsp3) is 0.400. The van der Waals surface area contributed by atoms with Crippen LogP contribution in [0.3, 0.4) is 0 Å². The second kappa shape index (κ2) is 4.55. The molecule has 5 heteroatoms. The molecule has 0 atom stereocenters. The summed E-state index contributed by atoms with van der Waals surface area (Å²) in [5.74, 6) is 0. The van der Waals surface area contributed by atoms with E-state index in [1.165, 1.54) is 4.88 Å². The molecular formula is C10H14N4S. The van der Waals surface area contributed by atoms with Crippen molar-refractivity contribution < 1.29 is 0 Å². The van der Waals surface area contributed by atoms with Crippen molar-refractivity contribution in [3.63, 3.8) is 0 Å². The molecule has 0 aliphatic carbocycles. The average Bonchev–Trinajstić information content (AvgIpc) is 2.79. The van der Waals surface area contributed by atoms with Gasteiger partial charge >= 0.3 is 0 Å². The molecule has 2 N–H and O–H groups in total. The Balaban J connectivity index is 1.83. The second-order valence-corrected chi connectivity index (χ2v) is 4.72. The summed E-state index contributed by atoms with van der Waals surface area (Å²) in [6.45, 7) is 5.77. The Morgan fingerprint density at radius 3 is 2.87 bits per heavy atom. The van der Waals surface area contributed by atoms with Crippen LogP contribution in [0.4, 0.5) is 0 Å². The summed E-state index contributed by atoms with van der Waals surface area (Å²) < 4.78 is 0. The molecule has 0 aliphatic heterocycles. The second-order valence-electron chi connectivity index (χ2n) is 3.43. The van der Waals surface area contributed by atoms with Crippen LogP contribution < -0.4 is 5.32 Å². The molecule has 2 aromatic heterocycles. The van der Waals surface area contributed by atoms with Crippen molar-refractivity contribution >= 4 is 11.3 Å². The van der Waals surface area contributed by atoms with E-state index in [-0.39, 0.29) is 0 Å². The third-order valence-electron chi connectivity index (χ3n) is 2.22. The van der Waals surface area contributed by atoms with Gasteiger partial charge in [0.2, 0.25) is 0 Å². The Morgan fingerprint density at radius 1 is 1.40 bits per heavy atom. The van der Waals surface area contributed by atoms with Gasteiger partial charge in [-0.1, -0.05) is 0 Å². The van der Waals surface area contributed by atoms with E-state index in [0.29, 0.717) is 0 Å². The molecule has 0 saturated carbocycles. The first-order chi connectivity index (χ1) is 7.25. The van der Waals surface area contributed by atoms with E-state index in [9.17, 15) is 0 Å². The number of H-pyrrole nitrogens is 1. The molecule has 0 aliphatic rings. The summed E-state index contributed by atoms with van der Waals surface area (Å²) in [6, 6.07) is 0. The van der Waals surface area contributed by atoms with Crippen molar-refractivity contribution in [2.24, 2.45) is 0 Å². The first kappa shape index (κ1) is 10.3. The quantitative estimate of drug-likeness (QED) is 0.829. The van der Waals surface area contributed by atoms with Crippen molar-refractivity contribution in [1.82, 2.24) is 20.3 Å².